The molecule has 1 heterocycles. The second-order valence-electron chi connectivity index (χ2n) is 4.09. The highest BCUT2D eigenvalue weighted by atomic mass is 32.2. The summed E-state index contributed by atoms with van der Waals surface area (Å²) in [7, 11) is 0. The van der Waals surface area contributed by atoms with Crippen molar-refractivity contribution in [1.82, 2.24) is 15.5 Å². The molecule has 1 N–H and O–H groups in total. The molecule has 2 rings (SSSR count). The minimum atomic E-state index is 0.0106. The number of carbonyl (C=O) groups excluding carboxylic acids is 1. The van der Waals surface area contributed by atoms with Crippen molar-refractivity contribution in [3.8, 4) is 0 Å². The van der Waals surface area contributed by atoms with E-state index in [9.17, 15) is 4.79 Å². The molecule has 0 spiro atoms. The molecule has 0 unspecified atom stereocenters. The van der Waals surface area contributed by atoms with Crippen molar-refractivity contribution in [2.24, 2.45) is 0 Å². The number of amides is 1. The van der Waals surface area contributed by atoms with Gasteiger partial charge in [-0.2, -0.15) is 0 Å². The van der Waals surface area contributed by atoms with Crippen molar-refractivity contribution in [1.29, 1.82) is 0 Å². The van der Waals surface area contributed by atoms with Crippen molar-refractivity contribution < 1.29 is 4.79 Å². The number of carbonyl (C=O) groups is 1. The molecule has 106 valence electrons. The van der Waals surface area contributed by atoms with Crippen LogP contribution < -0.4 is 5.32 Å². The fourth-order valence-corrected chi connectivity index (χ4v) is 3.69. The van der Waals surface area contributed by atoms with Crippen molar-refractivity contribution in [2.45, 2.75) is 22.1 Å². The number of nitrogens with one attached hydrogen (secondary N) is 1. The number of hydrogen-bond donors (Lipinski definition) is 1. The second-order valence-corrected chi connectivity index (χ2v) is 7.34. The fourth-order valence-electron chi connectivity index (χ4n) is 1.42. The zero-order valence-corrected chi connectivity index (χ0v) is 13.7. The Labute approximate surface area is 130 Å². The number of aromatic nitrogens is 2. The van der Waals surface area contributed by atoms with Crippen LogP contribution in [0.5, 0.6) is 0 Å². The Kier molecular flexibility index (Phi) is 5.87. The third-order valence-electron chi connectivity index (χ3n) is 2.50. The highest BCUT2D eigenvalue weighted by molar-refractivity contribution is 8.03. The molecule has 2 aromatic rings. The summed E-state index contributed by atoms with van der Waals surface area (Å²) in [6.45, 7) is 2.61. The van der Waals surface area contributed by atoms with Gasteiger partial charge in [0.15, 0.2) is 8.68 Å². The first kappa shape index (κ1) is 15.3. The molecule has 1 aromatic carbocycles. The van der Waals surface area contributed by atoms with Gasteiger partial charge in [-0.05, 0) is 18.7 Å². The number of hydrogen-bond acceptors (Lipinski definition) is 6. The van der Waals surface area contributed by atoms with Crippen LogP contribution in [0.15, 0.2) is 32.9 Å². The number of aryl methyl sites for hydroxylation is 1. The molecule has 0 aliphatic carbocycles. The average molecular weight is 325 g/mol. The summed E-state index contributed by atoms with van der Waals surface area (Å²) in [5.41, 5.74) is 2.33. The van der Waals surface area contributed by atoms with Gasteiger partial charge in [-0.15, -0.1) is 10.2 Å². The zero-order chi connectivity index (χ0) is 14.4. The van der Waals surface area contributed by atoms with E-state index >= 15 is 0 Å². The van der Waals surface area contributed by atoms with Crippen LogP contribution in [0.1, 0.15) is 11.1 Å². The lowest BCUT2D eigenvalue weighted by molar-refractivity contribution is -0.118. The molecule has 4 nitrogen and oxygen atoms in total. The van der Waals surface area contributed by atoms with E-state index in [0.29, 0.717) is 12.3 Å². The maximum atomic E-state index is 11.8. The summed E-state index contributed by atoms with van der Waals surface area (Å²) in [5.74, 6) is 0.381. The zero-order valence-electron chi connectivity index (χ0n) is 11.3. The number of nitrogens with zero attached hydrogens (tertiary/aromatic N) is 2. The number of rotatable bonds is 6. The van der Waals surface area contributed by atoms with Gasteiger partial charge in [0.25, 0.3) is 0 Å². The minimum absolute atomic E-state index is 0.0106. The van der Waals surface area contributed by atoms with Gasteiger partial charge >= 0.3 is 0 Å². The Balaban J connectivity index is 1.74. The smallest absolute Gasteiger partial charge is 0.230 e. The third kappa shape index (κ3) is 4.81. The molecule has 0 atom stereocenters. The van der Waals surface area contributed by atoms with E-state index < -0.39 is 0 Å². The molecule has 1 aromatic heterocycles. The molecular formula is C13H15N3OS3. The van der Waals surface area contributed by atoms with E-state index in [1.807, 2.05) is 37.4 Å². The summed E-state index contributed by atoms with van der Waals surface area (Å²) in [5, 5.41) is 10.9. The quantitative estimate of drug-likeness (QED) is 0.828. The molecule has 7 heteroatoms. The van der Waals surface area contributed by atoms with Gasteiger partial charge in [0, 0.05) is 6.54 Å². The van der Waals surface area contributed by atoms with Gasteiger partial charge < -0.3 is 5.32 Å². The topological polar surface area (TPSA) is 54.9 Å². The van der Waals surface area contributed by atoms with Crippen LogP contribution in [-0.4, -0.2) is 28.1 Å². The summed E-state index contributed by atoms with van der Waals surface area (Å²) >= 11 is 4.50. The first-order chi connectivity index (χ1) is 9.67. The first-order valence-electron chi connectivity index (χ1n) is 6.00. The molecule has 0 saturated carbocycles. The summed E-state index contributed by atoms with van der Waals surface area (Å²) < 4.78 is 1.76. The Bertz CT molecular complexity index is 568. The van der Waals surface area contributed by atoms with Crippen molar-refractivity contribution in [2.75, 3.05) is 12.0 Å². The molecule has 0 radical (unpaired) electrons. The van der Waals surface area contributed by atoms with Crippen LogP contribution in [0, 0.1) is 6.92 Å². The SMILES string of the molecule is CSc1nnc(SCC(=O)NCc2ccc(C)cc2)s1. The first-order valence-corrected chi connectivity index (χ1v) is 9.02. The predicted octanol–water partition coefficient (Wildman–Crippen LogP) is 2.98. The highest BCUT2D eigenvalue weighted by Crippen LogP contribution is 2.26. The van der Waals surface area contributed by atoms with E-state index in [2.05, 4.69) is 15.5 Å². The average Bonchev–Trinajstić information content (AvgIpc) is 2.92. The largest absolute Gasteiger partial charge is 0.351 e. The molecule has 0 fully saturated rings. The van der Waals surface area contributed by atoms with E-state index in [0.717, 1.165) is 14.2 Å². The summed E-state index contributed by atoms with van der Waals surface area (Å²) in [4.78, 5) is 11.8. The van der Waals surface area contributed by atoms with Gasteiger partial charge in [-0.25, -0.2) is 0 Å². The van der Waals surface area contributed by atoms with Gasteiger partial charge in [0.2, 0.25) is 5.91 Å². The predicted molar refractivity (Wildman–Crippen MR) is 85.4 cm³/mol. The van der Waals surface area contributed by atoms with Crippen molar-refractivity contribution in [3.63, 3.8) is 0 Å². The fraction of sp³-hybridized carbons (Fsp3) is 0.308. The van der Waals surface area contributed by atoms with E-state index in [1.165, 1.54) is 28.7 Å². The number of benzene rings is 1. The molecule has 1 amide bonds. The Morgan fingerprint density at radius 2 is 1.95 bits per heavy atom. The summed E-state index contributed by atoms with van der Waals surface area (Å²) in [6.07, 6.45) is 1.96. The van der Waals surface area contributed by atoms with E-state index in [1.54, 1.807) is 11.8 Å². The molecular weight excluding hydrogens is 310 g/mol. The summed E-state index contributed by atoms with van der Waals surface area (Å²) in [6, 6.07) is 8.14. The van der Waals surface area contributed by atoms with Crippen LogP contribution in [0.2, 0.25) is 0 Å². The van der Waals surface area contributed by atoms with Crippen LogP contribution in [0.25, 0.3) is 0 Å². The number of thioether (sulfide) groups is 2. The Hall–Kier alpha value is -1.05. The normalized spacial score (nSPS) is 10.5. The van der Waals surface area contributed by atoms with Crippen LogP contribution >= 0.6 is 34.9 Å². The molecule has 0 bridgehead atoms. The highest BCUT2D eigenvalue weighted by Gasteiger charge is 2.07. The molecule has 0 aliphatic heterocycles. The van der Waals surface area contributed by atoms with Crippen LogP contribution in [0.4, 0.5) is 0 Å². The molecule has 0 saturated heterocycles. The third-order valence-corrected chi connectivity index (χ3v) is 5.53. The Morgan fingerprint density at radius 1 is 1.25 bits per heavy atom. The van der Waals surface area contributed by atoms with Crippen molar-refractivity contribution >= 4 is 40.8 Å². The lowest BCUT2D eigenvalue weighted by Gasteiger charge is -2.04. The van der Waals surface area contributed by atoms with Crippen LogP contribution in [0.3, 0.4) is 0 Å². The van der Waals surface area contributed by atoms with Crippen LogP contribution in [-0.2, 0) is 11.3 Å². The van der Waals surface area contributed by atoms with Crippen molar-refractivity contribution in [3.05, 3.63) is 35.4 Å². The van der Waals surface area contributed by atoms with E-state index in [-0.39, 0.29) is 5.91 Å². The van der Waals surface area contributed by atoms with Gasteiger partial charge in [-0.1, -0.05) is 64.7 Å². The van der Waals surface area contributed by atoms with Gasteiger partial charge in [0.1, 0.15) is 0 Å². The van der Waals surface area contributed by atoms with Gasteiger partial charge in [0.05, 0.1) is 5.75 Å². The van der Waals surface area contributed by atoms with E-state index in [4.69, 9.17) is 0 Å². The lowest BCUT2D eigenvalue weighted by atomic mass is 10.1. The molecule has 20 heavy (non-hydrogen) atoms. The van der Waals surface area contributed by atoms with Gasteiger partial charge in [-0.3, -0.25) is 4.79 Å². The minimum Gasteiger partial charge on any atom is -0.351 e. The Morgan fingerprint density at radius 3 is 2.60 bits per heavy atom. The standard InChI is InChI=1S/C13H15N3OS3/c1-9-3-5-10(6-4-9)7-14-11(17)8-19-13-16-15-12(18-2)20-13/h3-6H,7-8H2,1-2H3,(H,14,17). The lowest BCUT2D eigenvalue weighted by Crippen LogP contribution is -2.24. The maximum absolute atomic E-state index is 11.8. The maximum Gasteiger partial charge on any atom is 0.230 e. The second kappa shape index (κ2) is 7.66. The monoisotopic (exact) mass is 325 g/mol. The molecule has 0 aliphatic rings.